The van der Waals surface area contributed by atoms with Crippen molar-refractivity contribution in [3.05, 3.63) is 46.7 Å². The molecule has 1 aromatic carbocycles. The van der Waals surface area contributed by atoms with Crippen molar-refractivity contribution < 1.29 is 33.0 Å². The zero-order valence-corrected chi connectivity index (χ0v) is 17.1. The van der Waals surface area contributed by atoms with Gasteiger partial charge in [-0.3, -0.25) is 9.79 Å². The van der Waals surface area contributed by atoms with E-state index in [0.717, 1.165) is 37.5 Å². The number of carbonyl (C=O) groups excluding carboxylic acids is 2. The lowest BCUT2D eigenvalue weighted by Crippen LogP contribution is -2.29. The molecule has 0 atom stereocenters. The summed E-state index contributed by atoms with van der Waals surface area (Å²) in [6, 6.07) is 2.96. The molecule has 2 rings (SSSR count). The van der Waals surface area contributed by atoms with E-state index in [2.05, 4.69) is 4.99 Å². The van der Waals surface area contributed by atoms with Crippen molar-refractivity contribution >= 4 is 17.6 Å². The van der Waals surface area contributed by atoms with E-state index in [1.807, 2.05) is 0 Å². The highest BCUT2D eigenvalue weighted by Gasteiger charge is 2.23. The third-order valence-electron chi connectivity index (χ3n) is 4.90. The second-order valence-electron chi connectivity index (χ2n) is 7.08. The maximum atomic E-state index is 13.7. The molecule has 0 saturated carbocycles. The van der Waals surface area contributed by atoms with Gasteiger partial charge >= 0.3 is 5.97 Å². The molecule has 31 heavy (non-hydrogen) atoms. The Kier molecular flexibility index (Phi) is 9.54. The van der Waals surface area contributed by atoms with Gasteiger partial charge in [-0.15, -0.1) is 0 Å². The summed E-state index contributed by atoms with van der Waals surface area (Å²) in [5, 5.41) is 9.13. The smallest absolute Gasteiger partial charge is 0.344 e. The monoisotopic (exact) mass is 439 g/mol. The fraction of sp³-hybridized carbons (Fsp3) is 0.476. The number of aliphatic hydroxyl groups excluding tert-OH is 1. The summed E-state index contributed by atoms with van der Waals surface area (Å²) in [5.74, 6) is -4.00. The van der Waals surface area contributed by atoms with Gasteiger partial charge in [-0.25, -0.2) is 13.6 Å². The quantitative estimate of drug-likeness (QED) is 0.165. The number of nitrogens with zero attached hydrogens (tertiary/aromatic N) is 1. The molecule has 0 aromatic heterocycles. The van der Waals surface area contributed by atoms with Crippen molar-refractivity contribution in [2.24, 2.45) is 22.4 Å². The van der Waals surface area contributed by atoms with E-state index >= 15 is 0 Å². The largest absolute Gasteiger partial charge is 0.454 e. The minimum atomic E-state index is -1.07. The lowest BCUT2D eigenvalue weighted by atomic mass is 9.97. The van der Waals surface area contributed by atoms with Gasteiger partial charge in [0.25, 0.3) is 0 Å². The number of esters is 1. The predicted octanol–water partition coefficient (Wildman–Crippen LogP) is 1.46. The highest BCUT2D eigenvalue weighted by atomic mass is 19.1. The lowest BCUT2D eigenvalue weighted by molar-refractivity contribution is -0.137. The number of ether oxygens (including phenoxy) is 2. The van der Waals surface area contributed by atoms with E-state index in [1.54, 1.807) is 0 Å². The molecule has 1 fully saturated rings. The van der Waals surface area contributed by atoms with Crippen molar-refractivity contribution in [2.75, 3.05) is 33.0 Å². The Balaban J connectivity index is 2.06. The lowest BCUT2D eigenvalue weighted by Gasteiger charge is -2.21. The van der Waals surface area contributed by atoms with Crippen molar-refractivity contribution in [1.82, 2.24) is 0 Å². The molecule has 0 amide bonds. The van der Waals surface area contributed by atoms with Gasteiger partial charge in [-0.05, 0) is 37.3 Å². The molecular formula is C21H27F2N3O5. The van der Waals surface area contributed by atoms with Crippen LogP contribution >= 0.6 is 0 Å². The molecule has 5 N–H and O–H groups in total. The van der Waals surface area contributed by atoms with Crippen LogP contribution in [0, 0.1) is 17.6 Å². The van der Waals surface area contributed by atoms with Crippen LogP contribution < -0.4 is 11.5 Å². The van der Waals surface area contributed by atoms with Gasteiger partial charge in [0, 0.05) is 38.5 Å². The van der Waals surface area contributed by atoms with Crippen LogP contribution in [0.15, 0.2) is 34.5 Å². The van der Waals surface area contributed by atoms with Crippen LogP contribution in [0.25, 0.3) is 0 Å². The van der Waals surface area contributed by atoms with Crippen molar-refractivity contribution in [3.63, 3.8) is 0 Å². The molecule has 10 heteroatoms. The molecular weight excluding hydrogens is 412 g/mol. The van der Waals surface area contributed by atoms with E-state index in [4.69, 9.17) is 26.0 Å². The maximum absolute atomic E-state index is 13.7. The molecule has 1 aliphatic heterocycles. The molecule has 1 saturated heterocycles. The third kappa shape index (κ3) is 7.11. The van der Waals surface area contributed by atoms with Gasteiger partial charge in [0.05, 0.1) is 5.56 Å². The Morgan fingerprint density at radius 2 is 1.84 bits per heavy atom. The molecule has 1 aromatic rings. The number of hydrogen-bond acceptors (Lipinski definition) is 7. The van der Waals surface area contributed by atoms with Crippen LogP contribution in [-0.4, -0.2) is 55.7 Å². The third-order valence-corrected chi connectivity index (χ3v) is 4.90. The number of rotatable bonds is 10. The first-order valence-corrected chi connectivity index (χ1v) is 9.97. The predicted molar refractivity (Wildman–Crippen MR) is 109 cm³/mol. The fourth-order valence-electron chi connectivity index (χ4n) is 3.17. The van der Waals surface area contributed by atoms with Gasteiger partial charge in [-0.2, -0.15) is 0 Å². The molecule has 0 radical (unpaired) electrons. The SMILES string of the molecule is NC(=NCCC1CCOCC1)/C(C(=O)OCC(=O)c1c(F)cccc1F)=C(\N)CCO. The molecule has 8 nitrogen and oxygen atoms in total. The summed E-state index contributed by atoms with van der Waals surface area (Å²) >= 11 is 0. The molecule has 170 valence electrons. The van der Waals surface area contributed by atoms with Crippen LogP contribution in [0.3, 0.4) is 0 Å². The molecule has 0 spiro atoms. The minimum Gasteiger partial charge on any atom is -0.454 e. The first-order valence-electron chi connectivity index (χ1n) is 9.97. The summed E-state index contributed by atoms with van der Waals surface area (Å²) in [6.45, 7) is 0.473. The Labute approximate surface area is 178 Å². The average Bonchev–Trinajstić information content (AvgIpc) is 2.73. The molecule has 0 unspecified atom stereocenters. The first-order chi connectivity index (χ1) is 14.8. The van der Waals surface area contributed by atoms with Gasteiger partial charge in [-0.1, -0.05) is 6.07 Å². The van der Waals surface area contributed by atoms with Gasteiger partial charge in [0.1, 0.15) is 23.0 Å². The average molecular weight is 439 g/mol. The number of benzene rings is 1. The van der Waals surface area contributed by atoms with Gasteiger partial charge < -0.3 is 26.0 Å². The second-order valence-corrected chi connectivity index (χ2v) is 7.08. The standard InChI is InChI=1S/C21H27F2N3O5/c22-14-2-1-3-15(23)18(14)17(28)12-31-21(29)19(16(24)5-9-27)20(25)26-8-4-13-6-10-30-11-7-13/h1-3,13,27H,4-12,24H2,(H2,25,26)/b19-16+. The highest BCUT2D eigenvalue weighted by Crippen LogP contribution is 2.18. The second kappa shape index (κ2) is 12.1. The molecule has 0 bridgehead atoms. The molecule has 1 heterocycles. The van der Waals surface area contributed by atoms with Crippen molar-refractivity contribution in [1.29, 1.82) is 0 Å². The zero-order valence-electron chi connectivity index (χ0n) is 17.1. The Bertz CT molecular complexity index is 831. The van der Waals surface area contributed by atoms with Crippen LogP contribution in [-0.2, 0) is 14.3 Å². The zero-order chi connectivity index (χ0) is 22.8. The fourth-order valence-corrected chi connectivity index (χ4v) is 3.17. The summed E-state index contributed by atoms with van der Waals surface area (Å²) in [7, 11) is 0. The number of halogens is 2. The van der Waals surface area contributed by atoms with E-state index in [-0.39, 0.29) is 30.1 Å². The number of aliphatic imine (C=N–C) groups is 1. The van der Waals surface area contributed by atoms with E-state index in [9.17, 15) is 18.4 Å². The number of amidine groups is 1. The van der Waals surface area contributed by atoms with Crippen molar-refractivity contribution in [3.8, 4) is 0 Å². The molecule has 1 aliphatic rings. The normalized spacial score (nSPS) is 16.0. The minimum absolute atomic E-state index is 0.0654. The van der Waals surface area contributed by atoms with Crippen LogP contribution in [0.5, 0.6) is 0 Å². The Hall–Kier alpha value is -2.85. The number of ketones is 1. The van der Waals surface area contributed by atoms with Crippen LogP contribution in [0.4, 0.5) is 8.78 Å². The first kappa shape index (κ1) is 24.4. The number of aliphatic hydroxyl groups is 1. The summed E-state index contributed by atoms with van der Waals surface area (Å²) in [6.07, 6.45) is 2.51. The summed E-state index contributed by atoms with van der Waals surface area (Å²) in [4.78, 5) is 28.8. The number of nitrogens with two attached hydrogens (primary N) is 2. The maximum Gasteiger partial charge on any atom is 0.344 e. The van der Waals surface area contributed by atoms with E-state index in [0.29, 0.717) is 25.7 Å². The Morgan fingerprint density at radius 1 is 1.19 bits per heavy atom. The van der Waals surface area contributed by atoms with E-state index in [1.165, 1.54) is 0 Å². The van der Waals surface area contributed by atoms with Crippen LogP contribution in [0.2, 0.25) is 0 Å². The summed E-state index contributed by atoms with van der Waals surface area (Å²) in [5.41, 5.74) is 10.6. The number of Topliss-reactive ketones (excluding diaryl/α,β-unsaturated/α-hetero) is 1. The molecule has 0 aliphatic carbocycles. The highest BCUT2D eigenvalue weighted by molar-refractivity contribution is 6.19. The number of carbonyl (C=O) groups is 2. The van der Waals surface area contributed by atoms with Gasteiger partial charge in [0.2, 0.25) is 5.78 Å². The number of hydrogen-bond donors (Lipinski definition) is 3. The Morgan fingerprint density at radius 3 is 2.45 bits per heavy atom. The van der Waals surface area contributed by atoms with Crippen LogP contribution in [0.1, 0.15) is 36.0 Å². The topological polar surface area (TPSA) is 137 Å². The van der Waals surface area contributed by atoms with E-state index < -0.39 is 35.6 Å². The summed E-state index contributed by atoms with van der Waals surface area (Å²) < 4.78 is 37.7. The van der Waals surface area contributed by atoms with Gasteiger partial charge in [0.15, 0.2) is 6.61 Å². The van der Waals surface area contributed by atoms with Crippen molar-refractivity contribution in [2.45, 2.75) is 25.7 Å².